The number of amides is 1. The van der Waals surface area contributed by atoms with Gasteiger partial charge in [0.15, 0.2) is 0 Å². The van der Waals surface area contributed by atoms with Crippen LogP contribution in [-0.2, 0) is 7.05 Å². The molecule has 0 fully saturated rings. The first-order valence-corrected chi connectivity index (χ1v) is 8.00. The highest BCUT2D eigenvalue weighted by Gasteiger charge is 2.17. The van der Waals surface area contributed by atoms with Crippen molar-refractivity contribution in [1.29, 1.82) is 0 Å². The molecule has 0 aliphatic heterocycles. The van der Waals surface area contributed by atoms with Gasteiger partial charge in [-0.05, 0) is 36.8 Å². The molecule has 1 atom stereocenters. The number of carbonyl (C=O) groups excluding carboxylic acids is 1. The minimum Gasteiger partial charge on any atom is -0.350 e. The van der Waals surface area contributed by atoms with Gasteiger partial charge in [-0.25, -0.2) is 0 Å². The Morgan fingerprint density at radius 1 is 1.12 bits per heavy atom. The predicted molar refractivity (Wildman–Crippen MR) is 96.5 cm³/mol. The number of fused-ring (bicyclic) bond motifs is 1. The Morgan fingerprint density at radius 3 is 2.50 bits per heavy atom. The molecule has 0 aliphatic rings. The molecule has 2 aromatic carbocycles. The molecule has 24 heavy (non-hydrogen) atoms. The van der Waals surface area contributed by atoms with Gasteiger partial charge in [0.05, 0.1) is 11.6 Å². The first-order chi connectivity index (χ1) is 11.5. The van der Waals surface area contributed by atoms with Crippen LogP contribution in [0, 0.1) is 0 Å². The second-order valence-electron chi connectivity index (χ2n) is 5.75. The van der Waals surface area contributed by atoms with Crippen LogP contribution in [0.25, 0.3) is 10.9 Å². The average Bonchev–Trinajstić information content (AvgIpc) is 2.58. The van der Waals surface area contributed by atoms with Crippen LogP contribution in [0.1, 0.15) is 28.9 Å². The van der Waals surface area contributed by atoms with Crippen LogP contribution in [0.15, 0.2) is 59.5 Å². The number of para-hydroxylation sites is 1. The van der Waals surface area contributed by atoms with E-state index in [9.17, 15) is 9.59 Å². The first-order valence-electron chi connectivity index (χ1n) is 7.62. The smallest absolute Gasteiger partial charge is 0.257 e. The van der Waals surface area contributed by atoms with E-state index in [0.717, 1.165) is 11.1 Å². The maximum atomic E-state index is 12.6. The highest BCUT2D eigenvalue weighted by atomic mass is 35.5. The summed E-state index contributed by atoms with van der Waals surface area (Å²) in [6.45, 7) is 1.87. The van der Waals surface area contributed by atoms with Crippen molar-refractivity contribution in [2.75, 3.05) is 0 Å². The molecule has 0 unspecified atom stereocenters. The van der Waals surface area contributed by atoms with Gasteiger partial charge >= 0.3 is 0 Å². The zero-order valence-electron chi connectivity index (χ0n) is 13.4. The number of rotatable bonds is 3. The van der Waals surface area contributed by atoms with Gasteiger partial charge in [0, 0.05) is 23.7 Å². The van der Waals surface area contributed by atoms with Gasteiger partial charge in [-0.2, -0.15) is 0 Å². The van der Waals surface area contributed by atoms with Crippen LogP contribution in [0.3, 0.4) is 0 Å². The van der Waals surface area contributed by atoms with Crippen LogP contribution >= 0.6 is 11.6 Å². The number of aryl methyl sites for hydroxylation is 1. The molecule has 3 rings (SSSR count). The van der Waals surface area contributed by atoms with E-state index in [1.165, 1.54) is 0 Å². The molecule has 5 heteroatoms. The summed E-state index contributed by atoms with van der Waals surface area (Å²) in [5.41, 5.74) is 1.59. The number of halogens is 1. The maximum absolute atomic E-state index is 12.6. The second kappa shape index (κ2) is 6.49. The summed E-state index contributed by atoms with van der Waals surface area (Å²) >= 11 is 5.88. The zero-order chi connectivity index (χ0) is 17.3. The minimum absolute atomic E-state index is 0.136. The van der Waals surface area contributed by atoms with Gasteiger partial charge in [-0.3, -0.25) is 9.59 Å². The summed E-state index contributed by atoms with van der Waals surface area (Å²) in [7, 11) is 1.82. The van der Waals surface area contributed by atoms with Crippen molar-refractivity contribution >= 4 is 28.4 Å². The average molecular weight is 341 g/mol. The molecule has 0 spiro atoms. The Hall–Kier alpha value is -2.59. The summed E-state index contributed by atoms with van der Waals surface area (Å²) in [5, 5.41) is 4.04. The van der Waals surface area contributed by atoms with Gasteiger partial charge in [0.2, 0.25) is 5.43 Å². The molecule has 1 amide bonds. The molecule has 3 aromatic rings. The molecule has 1 heterocycles. The number of benzene rings is 2. The van der Waals surface area contributed by atoms with E-state index in [2.05, 4.69) is 5.32 Å². The number of nitrogens with zero attached hydrogens (tertiary/aromatic N) is 1. The van der Waals surface area contributed by atoms with Crippen molar-refractivity contribution in [1.82, 2.24) is 9.88 Å². The van der Waals surface area contributed by atoms with Crippen LogP contribution < -0.4 is 10.7 Å². The fourth-order valence-electron chi connectivity index (χ4n) is 2.71. The van der Waals surface area contributed by atoms with Crippen molar-refractivity contribution in [3.05, 3.63) is 81.1 Å². The Labute approximate surface area is 144 Å². The lowest BCUT2D eigenvalue weighted by molar-refractivity contribution is 0.0938. The minimum atomic E-state index is -0.385. The van der Waals surface area contributed by atoms with Gasteiger partial charge in [-0.1, -0.05) is 35.9 Å². The molecule has 1 aromatic heterocycles. The molecule has 4 nitrogen and oxygen atoms in total. The maximum Gasteiger partial charge on any atom is 0.257 e. The predicted octanol–water partition coefficient (Wildman–Crippen LogP) is 3.68. The molecule has 0 radical (unpaired) electrons. The van der Waals surface area contributed by atoms with Crippen molar-refractivity contribution < 1.29 is 4.79 Å². The van der Waals surface area contributed by atoms with Gasteiger partial charge in [-0.15, -0.1) is 0 Å². The lowest BCUT2D eigenvalue weighted by Gasteiger charge is -2.15. The first kappa shape index (κ1) is 16.3. The quantitative estimate of drug-likeness (QED) is 0.790. The monoisotopic (exact) mass is 340 g/mol. The third-order valence-electron chi connectivity index (χ3n) is 4.06. The normalized spacial score (nSPS) is 12.1. The molecule has 0 aliphatic carbocycles. The van der Waals surface area contributed by atoms with Crippen LogP contribution in [0.5, 0.6) is 0 Å². The Balaban J connectivity index is 1.93. The standard InChI is InChI=1S/C19H17ClN2O2/c1-12(13-7-9-14(20)10-8-13)21-19(24)16-11-22(2)17-6-4-3-5-15(17)18(16)23/h3-12H,1-2H3,(H,21,24)/t12-/m1/s1. The number of nitrogens with one attached hydrogen (secondary N) is 1. The molecule has 0 saturated heterocycles. The molecular formula is C19H17ClN2O2. The number of hydrogen-bond donors (Lipinski definition) is 1. The summed E-state index contributed by atoms with van der Waals surface area (Å²) in [6, 6.07) is 14.3. The fraction of sp³-hybridized carbons (Fsp3) is 0.158. The van der Waals surface area contributed by atoms with E-state index >= 15 is 0 Å². The van der Waals surface area contributed by atoms with E-state index in [1.807, 2.05) is 38.2 Å². The van der Waals surface area contributed by atoms with Crippen LogP contribution in [0.2, 0.25) is 5.02 Å². The molecule has 1 N–H and O–H groups in total. The third-order valence-corrected chi connectivity index (χ3v) is 4.31. The van der Waals surface area contributed by atoms with E-state index in [4.69, 9.17) is 11.6 Å². The SMILES string of the molecule is C[C@@H](NC(=O)c1cn(C)c2ccccc2c1=O)c1ccc(Cl)cc1. The van der Waals surface area contributed by atoms with Gasteiger partial charge < -0.3 is 9.88 Å². The lowest BCUT2D eigenvalue weighted by atomic mass is 10.1. The molecular weight excluding hydrogens is 324 g/mol. The van der Waals surface area contributed by atoms with E-state index in [1.54, 1.807) is 35.0 Å². The van der Waals surface area contributed by atoms with Crippen molar-refractivity contribution in [2.45, 2.75) is 13.0 Å². The summed E-state index contributed by atoms with van der Waals surface area (Å²) < 4.78 is 1.79. The van der Waals surface area contributed by atoms with Crippen LogP contribution in [-0.4, -0.2) is 10.5 Å². The Kier molecular flexibility index (Phi) is 4.40. The highest BCUT2D eigenvalue weighted by Crippen LogP contribution is 2.17. The zero-order valence-corrected chi connectivity index (χ0v) is 14.2. The van der Waals surface area contributed by atoms with E-state index < -0.39 is 0 Å². The van der Waals surface area contributed by atoms with Gasteiger partial charge in [0.25, 0.3) is 5.91 Å². The molecule has 122 valence electrons. The largest absolute Gasteiger partial charge is 0.350 e. The van der Waals surface area contributed by atoms with E-state index in [-0.39, 0.29) is 22.9 Å². The second-order valence-corrected chi connectivity index (χ2v) is 6.18. The molecule has 0 saturated carbocycles. The van der Waals surface area contributed by atoms with E-state index in [0.29, 0.717) is 10.4 Å². The van der Waals surface area contributed by atoms with Crippen LogP contribution in [0.4, 0.5) is 0 Å². The lowest BCUT2D eigenvalue weighted by Crippen LogP contribution is -2.31. The third kappa shape index (κ3) is 3.05. The summed E-state index contributed by atoms with van der Waals surface area (Å²) in [5.74, 6) is -0.385. The topological polar surface area (TPSA) is 51.1 Å². The number of aromatic nitrogens is 1. The summed E-state index contributed by atoms with van der Waals surface area (Å²) in [4.78, 5) is 25.2. The fourth-order valence-corrected chi connectivity index (χ4v) is 2.84. The van der Waals surface area contributed by atoms with Gasteiger partial charge in [0.1, 0.15) is 5.56 Å². The Bertz CT molecular complexity index is 961. The van der Waals surface area contributed by atoms with Crippen molar-refractivity contribution in [3.63, 3.8) is 0 Å². The molecule has 0 bridgehead atoms. The summed E-state index contributed by atoms with van der Waals surface area (Å²) in [6.07, 6.45) is 1.58. The van der Waals surface area contributed by atoms with Crippen molar-refractivity contribution in [3.8, 4) is 0 Å². The number of carbonyl (C=O) groups is 1. The highest BCUT2D eigenvalue weighted by molar-refractivity contribution is 6.30. The number of hydrogen-bond acceptors (Lipinski definition) is 2. The Morgan fingerprint density at radius 2 is 1.79 bits per heavy atom. The van der Waals surface area contributed by atoms with Crippen molar-refractivity contribution in [2.24, 2.45) is 7.05 Å². The number of pyridine rings is 1.